The Labute approximate surface area is 70.9 Å². The van der Waals surface area contributed by atoms with Crippen LogP contribution in [0.1, 0.15) is 6.42 Å². The predicted molar refractivity (Wildman–Crippen MR) is 40.1 cm³/mol. The van der Waals surface area contributed by atoms with Crippen LogP contribution in [-0.4, -0.2) is 40.1 Å². The maximum Gasteiger partial charge on any atom is 0.305 e. The van der Waals surface area contributed by atoms with Gasteiger partial charge in [-0.25, -0.2) is 0 Å². The van der Waals surface area contributed by atoms with Crippen molar-refractivity contribution in [3.63, 3.8) is 0 Å². The number of halogens is 1. The van der Waals surface area contributed by atoms with Gasteiger partial charge < -0.3 is 9.47 Å². The van der Waals surface area contributed by atoms with Gasteiger partial charge in [-0.1, -0.05) is 0 Å². The van der Waals surface area contributed by atoms with Crippen LogP contribution in [0.5, 0.6) is 0 Å². The molecule has 1 aliphatic rings. The Balaban J connectivity index is 2.68. The largest absolute Gasteiger partial charge is 0.378 e. The van der Waals surface area contributed by atoms with Crippen molar-refractivity contribution in [1.29, 1.82) is 0 Å². The third-order valence-corrected chi connectivity index (χ3v) is 2.81. The average molecular weight is 198 g/mol. The van der Waals surface area contributed by atoms with Crippen molar-refractivity contribution in [3.05, 3.63) is 0 Å². The van der Waals surface area contributed by atoms with Gasteiger partial charge in [-0.2, -0.15) is 8.42 Å². The first-order valence-corrected chi connectivity index (χ1v) is 5.08. The molecule has 0 radical (unpaired) electrons. The molecule has 1 fully saturated rings. The van der Waals surface area contributed by atoms with Gasteiger partial charge in [0.05, 0.1) is 6.61 Å². The predicted octanol–water partition coefficient (Wildman–Crippen LogP) is 0.0912. The van der Waals surface area contributed by atoms with E-state index in [2.05, 4.69) is 0 Å². The SMILES string of the molecule is COC1(CS(=O)(=O)F)CCOC1. The number of rotatable bonds is 3. The fourth-order valence-electron chi connectivity index (χ4n) is 1.24. The summed E-state index contributed by atoms with van der Waals surface area (Å²) in [6.45, 7) is 0.565. The molecule has 0 aromatic heterocycles. The summed E-state index contributed by atoms with van der Waals surface area (Å²) in [6.07, 6.45) is 0.423. The molecule has 0 amide bonds. The fourth-order valence-corrected chi connectivity index (χ4v) is 2.21. The molecular weight excluding hydrogens is 187 g/mol. The molecule has 12 heavy (non-hydrogen) atoms. The second-order valence-electron chi connectivity index (χ2n) is 2.87. The molecule has 1 unspecified atom stereocenters. The summed E-state index contributed by atoms with van der Waals surface area (Å²) in [4.78, 5) is 0. The summed E-state index contributed by atoms with van der Waals surface area (Å²) in [5.41, 5.74) is -0.965. The maximum atomic E-state index is 12.3. The molecule has 0 spiro atoms. The lowest BCUT2D eigenvalue weighted by Crippen LogP contribution is -2.38. The first-order valence-electron chi connectivity index (χ1n) is 3.53. The lowest BCUT2D eigenvalue weighted by molar-refractivity contribution is 0.000548. The molecule has 1 heterocycles. The van der Waals surface area contributed by atoms with E-state index in [-0.39, 0.29) is 6.61 Å². The molecule has 1 saturated heterocycles. The molecule has 1 rings (SSSR count). The van der Waals surface area contributed by atoms with Crippen molar-refractivity contribution in [1.82, 2.24) is 0 Å². The topological polar surface area (TPSA) is 52.6 Å². The molecule has 1 aliphatic heterocycles. The third kappa shape index (κ3) is 2.40. The van der Waals surface area contributed by atoms with E-state index in [0.29, 0.717) is 13.0 Å². The zero-order valence-electron chi connectivity index (χ0n) is 6.75. The Morgan fingerprint density at radius 1 is 1.67 bits per heavy atom. The lowest BCUT2D eigenvalue weighted by atomic mass is 10.1. The minimum Gasteiger partial charge on any atom is -0.378 e. The minimum atomic E-state index is -4.48. The highest BCUT2D eigenvalue weighted by Crippen LogP contribution is 2.24. The van der Waals surface area contributed by atoms with Gasteiger partial charge in [0.1, 0.15) is 11.4 Å². The Morgan fingerprint density at radius 3 is 2.67 bits per heavy atom. The number of hydrogen-bond donors (Lipinski definition) is 0. The van der Waals surface area contributed by atoms with Gasteiger partial charge in [0.25, 0.3) is 0 Å². The van der Waals surface area contributed by atoms with Gasteiger partial charge >= 0.3 is 10.2 Å². The van der Waals surface area contributed by atoms with Crippen molar-refractivity contribution < 1.29 is 21.8 Å². The van der Waals surface area contributed by atoms with Crippen LogP contribution in [0.3, 0.4) is 0 Å². The Morgan fingerprint density at radius 2 is 2.33 bits per heavy atom. The van der Waals surface area contributed by atoms with E-state index >= 15 is 0 Å². The normalized spacial score (nSPS) is 30.8. The van der Waals surface area contributed by atoms with Gasteiger partial charge in [0, 0.05) is 20.1 Å². The van der Waals surface area contributed by atoms with Crippen molar-refractivity contribution in [3.8, 4) is 0 Å². The van der Waals surface area contributed by atoms with E-state index < -0.39 is 21.6 Å². The number of hydrogen-bond acceptors (Lipinski definition) is 4. The van der Waals surface area contributed by atoms with E-state index in [0.717, 1.165) is 0 Å². The number of ether oxygens (including phenoxy) is 2. The van der Waals surface area contributed by atoms with Crippen LogP contribution in [0.25, 0.3) is 0 Å². The first-order chi connectivity index (χ1) is 5.47. The van der Waals surface area contributed by atoms with Gasteiger partial charge in [-0.15, -0.1) is 3.89 Å². The molecule has 0 aromatic carbocycles. The van der Waals surface area contributed by atoms with E-state index in [4.69, 9.17) is 9.47 Å². The molecule has 72 valence electrons. The molecule has 1 atom stereocenters. The quantitative estimate of drug-likeness (QED) is 0.603. The fraction of sp³-hybridized carbons (Fsp3) is 1.00. The zero-order chi connectivity index (χ0) is 9.24. The van der Waals surface area contributed by atoms with Gasteiger partial charge in [-0.05, 0) is 0 Å². The molecule has 4 nitrogen and oxygen atoms in total. The van der Waals surface area contributed by atoms with Crippen LogP contribution in [0.4, 0.5) is 3.89 Å². The van der Waals surface area contributed by atoms with Crippen molar-refractivity contribution >= 4 is 10.2 Å². The summed E-state index contributed by atoms with van der Waals surface area (Å²) in [5.74, 6) is -0.615. The summed E-state index contributed by atoms with van der Waals surface area (Å²) >= 11 is 0. The van der Waals surface area contributed by atoms with E-state index in [1.807, 2.05) is 0 Å². The van der Waals surface area contributed by atoms with Gasteiger partial charge in [-0.3, -0.25) is 0 Å². The summed E-state index contributed by atoms with van der Waals surface area (Å²) < 4.78 is 42.9. The Hall–Kier alpha value is -0.200. The highest BCUT2D eigenvalue weighted by molar-refractivity contribution is 7.86. The second-order valence-corrected chi connectivity index (χ2v) is 4.24. The second kappa shape index (κ2) is 3.27. The Bertz CT molecular complexity index is 242. The van der Waals surface area contributed by atoms with Crippen LogP contribution in [0.2, 0.25) is 0 Å². The summed E-state index contributed by atoms with van der Waals surface area (Å²) in [5, 5.41) is 0. The molecule has 0 bridgehead atoms. The highest BCUT2D eigenvalue weighted by atomic mass is 32.3. The zero-order valence-corrected chi connectivity index (χ0v) is 7.56. The molecular formula is C6H11FO4S. The van der Waals surface area contributed by atoms with Crippen molar-refractivity contribution in [2.45, 2.75) is 12.0 Å². The van der Waals surface area contributed by atoms with E-state index in [9.17, 15) is 12.3 Å². The summed E-state index contributed by atoms with van der Waals surface area (Å²) in [6, 6.07) is 0. The monoisotopic (exact) mass is 198 g/mol. The molecule has 0 aliphatic carbocycles. The van der Waals surface area contributed by atoms with Gasteiger partial charge in [0.15, 0.2) is 0 Å². The minimum absolute atomic E-state index is 0.145. The van der Waals surface area contributed by atoms with E-state index in [1.165, 1.54) is 7.11 Å². The molecule has 0 N–H and O–H groups in total. The summed E-state index contributed by atoms with van der Waals surface area (Å²) in [7, 11) is -3.12. The highest BCUT2D eigenvalue weighted by Gasteiger charge is 2.39. The van der Waals surface area contributed by atoms with Crippen LogP contribution >= 0.6 is 0 Å². The third-order valence-electron chi connectivity index (χ3n) is 1.94. The Kier molecular flexibility index (Phi) is 2.70. The molecule has 6 heteroatoms. The first kappa shape index (κ1) is 9.88. The van der Waals surface area contributed by atoms with Crippen molar-refractivity contribution in [2.24, 2.45) is 0 Å². The molecule has 0 aromatic rings. The lowest BCUT2D eigenvalue weighted by Gasteiger charge is -2.22. The number of methoxy groups -OCH3 is 1. The maximum absolute atomic E-state index is 12.3. The van der Waals surface area contributed by atoms with Crippen LogP contribution < -0.4 is 0 Å². The molecule has 0 saturated carbocycles. The average Bonchev–Trinajstić information content (AvgIpc) is 2.34. The van der Waals surface area contributed by atoms with Crippen LogP contribution in [0.15, 0.2) is 0 Å². The smallest absolute Gasteiger partial charge is 0.305 e. The van der Waals surface area contributed by atoms with Gasteiger partial charge in [0.2, 0.25) is 0 Å². The standard InChI is InChI=1S/C6H11FO4S/c1-10-6(2-3-11-4-6)5-12(7,8)9/h2-5H2,1H3. The van der Waals surface area contributed by atoms with E-state index in [1.54, 1.807) is 0 Å². The van der Waals surface area contributed by atoms with Crippen LogP contribution in [0, 0.1) is 0 Å². The van der Waals surface area contributed by atoms with Crippen molar-refractivity contribution in [2.75, 3.05) is 26.1 Å². The van der Waals surface area contributed by atoms with Crippen LogP contribution in [-0.2, 0) is 19.7 Å².